The molecule has 0 aliphatic rings. The fourth-order valence-electron chi connectivity index (χ4n) is 9.65. The van der Waals surface area contributed by atoms with E-state index < -0.39 is 0 Å². The van der Waals surface area contributed by atoms with E-state index in [0.717, 1.165) is 33.3 Å². The summed E-state index contributed by atoms with van der Waals surface area (Å²) in [6, 6.07) is 70.8. The maximum absolute atomic E-state index is 6.28. The zero-order chi connectivity index (χ0) is 37.9. The van der Waals surface area contributed by atoms with E-state index in [9.17, 15) is 0 Å². The van der Waals surface area contributed by atoms with Gasteiger partial charge in [-0.1, -0.05) is 127 Å². The van der Waals surface area contributed by atoms with Gasteiger partial charge in [0.1, 0.15) is 11.2 Å². The maximum Gasteiger partial charge on any atom is 0.135 e. The molecular weight excluding hydrogens is 725 g/mol. The van der Waals surface area contributed by atoms with Crippen LogP contribution in [0.5, 0.6) is 0 Å². The fourth-order valence-corrected chi connectivity index (χ4v) is 10.9. The van der Waals surface area contributed by atoms with E-state index >= 15 is 0 Å². The van der Waals surface area contributed by atoms with Gasteiger partial charge in [0.25, 0.3) is 0 Å². The molecule has 0 aliphatic carbocycles. The smallest absolute Gasteiger partial charge is 0.135 e. The minimum absolute atomic E-state index is 0.907. The van der Waals surface area contributed by atoms with Crippen LogP contribution in [-0.2, 0) is 0 Å². The highest BCUT2D eigenvalue weighted by Crippen LogP contribution is 2.47. The van der Waals surface area contributed by atoms with E-state index in [-0.39, 0.29) is 0 Å². The summed E-state index contributed by atoms with van der Waals surface area (Å²) in [7, 11) is 0. The van der Waals surface area contributed by atoms with Crippen molar-refractivity contribution in [1.82, 2.24) is 9.13 Å². The van der Waals surface area contributed by atoms with Crippen molar-refractivity contribution in [3.8, 4) is 33.6 Å². The van der Waals surface area contributed by atoms with Gasteiger partial charge < -0.3 is 13.6 Å². The second-order valence-corrected chi connectivity index (χ2v) is 16.3. The third-order valence-corrected chi connectivity index (χ3v) is 13.3. The average molecular weight is 757 g/mol. The Hall–Kier alpha value is -7.40. The van der Waals surface area contributed by atoms with Gasteiger partial charge in [0, 0.05) is 75.0 Å². The van der Waals surface area contributed by atoms with E-state index in [1.54, 1.807) is 0 Å². The van der Waals surface area contributed by atoms with Crippen LogP contribution in [0.25, 0.3) is 119 Å². The summed E-state index contributed by atoms with van der Waals surface area (Å²) in [5.41, 5.74) is 13.7. The molecular formula is C54H32N2OS. The summed E-state index contributed by atoms with van der Waals surface area (Å²) < 4.78 is 13.8. The average Bonchev–Trinajstić information content (AvgIpc) is 4.04. The first-order valence-electron chi connectivity index (χ1n) is 19.8. The summed E-state index contributed by atoms with van der Waals surface area (Å²) in [5.74, 6) is 0. The molecule has 0 bridgehead atoms. The Bertz CT molecular complexity index is 3800. The normalized spacial score (nSPS) is 12.1. The lowest BCUT2D eigenvalue weighted by Gasteiger charge is -2.14. The molecule has 0 N–H and O–H groups in total. The molecule has 3 nitrogen and oxygen atoms in total. The number of para-hydroxylation sites is 5. The van der Waals surface area contributed by atoms with Crippen molar-refractivity contribution >= 4 is 97.1 Å². The first kappa shape index (κ1) is 31.8. The molecule has 0 spiro atoms. The minimum Gasteiger partial charge on any atom is -0.456 e. The van der Waals surface area contributed by atoms with Crippen molar-refractivity contribution in [3.05, 3.63) is 194 Å². The Kier molecular flexibility index (Phi) is 6.60. The molecule has 0 aliphatic heterocycles. The number of aromatic nitrogens is 2. The molecule has 4 heterocycles. The summed E-state index contributed by atoms with van der Waals surface area (Å²) in [6.07, 6.45) is 0. The van der Waals surface area contributed by atoms with E-state index in [1.165, 1.54) is 86.0 Å². The van der Waals surface area contributed by atoms with Gasteiger partial charge in [-0.2, -0.15) is 0 Å². The second-order valence-electron chi connectivity index (χ2n) is 15.2. The lowest BCUT2D eigenvalue weighted by atomic mass is 9.97. The third-order valence-electron chi connectivity index (χ3n) is 12.1. The highest BCUT2D eigenvalue weighted by atomic mass is 32.1. The first-order valence-corrected chi connectivity index (χ1v) is 20.6. The van der Waals surface area contributed by atoms with Crippen molar-refractivity contribution in [2.75, 3.05) is 0 Å². The van der Waals surface area contributed by atoms with Crippen LogP contribution in [0.1, 0.15) is 0 Å². The Labute approximate surface area is 336 Å². The molecule has 13 aromatic rings. The molecule has 0 atom stereocenters. The van der Waals surface area contributed by atoms with E-state index in [0.29, 0.717) is 0 Å². The maximum atomic E-state index is 6.28. The number of benzene rings is 9. The van der Waals surface area contributed by atoms with Gasteiger partial charge >= 0.3 is 0 Å². The largest absolute Gasteiger partial charge is 0.456 e. The molecule has 0 radical (unpaired) electrons. The van der Waals surface area contributed by atoms with Crippen molar-refractivity contribution in [2.24, 2.45) is 0 Å². The number of thiophene rings is 1. The Balaban J connectivity index is 1.12. The van der Waals surface area contributed by atoms with E-state index in [2.05, 4.69) is 197 Å². The predicted octanol–water partition coefficient (Wildman–Crippen LogP) is 15.5. The summed E-state index contributed by atoms with van der Waals surface area (Å²) >= 11 is 1.87. The van der Waals surface area contributed by atoms with E-state index in [1.807, 2.05) is 17.4 Å². The molecule has 4 heteroatoms. The van der Waals surface area contributed by atoms with Crippen molar-refractivity contribution in [3.63, 3.8) is 0 Å². The summed E-state index contributed by atoms with van der Waals surface area (Å²) in [6.45, 7) is 0. The molecule has 0 saturated carbocycles. The van der Waals surface area contributed by atoms with Crippen LogP contribution in [0, 0.1) is 0 Å². The van der Waals surface area contributed by atoms with Gasteiger partial charge in [-0.3, -0.25) is 0 Å². The zero-order valence-corrected chi connectivity index (χ0v) is 32.0. The van der Waals surface area contributed by atoms with Gasteiger partial charge in [0.2, 0.25) is 0 Å². The molecule has 270 valence electrons. The number of hydrogen-bond donors (Lipinski definition) is 0. The van der Waals surface area contributed by atoms with E-state index in [4.69, 9.17) is 4.42 Å². The van der Waals surface area contributed by atoms with Crippen LogP contribution < -0.4 is 0 Å². The third kappa shape index (κ3) is 4.43. The van der Waals surface area contributed by atoms with Crippen LogP contribution in [0.3, 0.4) is 0 Å². The van der Waals surface area contributed by atoms with Crippen LogP contribution in [0.2, 0.25) is 0 Å². The Morgan fingerprint density at radius 1 is 0.362 bits per heavy atom. The quantitative estimate of drug-likeness (QED) is 0.175. The molecule has 0 unspecified atom stereocenters. The lowest BCUT2D eigenvalue weighted by Crippen LogP contribution is -1.96. The van der Waals surface area contributed by atoms with Crippen molar-refractivity contribution in [1.29, 1.82) is 0 Å². The Morgan fingerprint density at radius 3 is 1.90 bits per heavy atom. The van der Waals surface area contributed by atoms with Gasteiger partial charge in [0.05, 0.1) is 22.1 Å². The van der Waals surface area contributed by atoms with Crippen molar-refractivity contribution in [2.45, 2.75) is 0 Å². The SMILES string of the molecule is c1ccc(-n2c3ccccc3c3cccc(-c4cccc5c4c4ccccc4n5-c4cc(-c5ccc6oc7ccccc7c6c5)c5sc6ccccc6c5c4)c32)cc1. The second kappa shape index (κ2) is 12.1. The summed E-state index contributed by atoms with van der Waals surface area (Å²) in [5, 5.41) is 9.80. The van der Waals surface area contributed by atoms with Crippen molar-refractivity contribution < 1.29 is 4.42 Å². The monoisotopic (exact) mass is 756 g/mol. The number of hydrogen-bond acceptors (Lipinski definition) is 2. The number of furan rings is 1. The molecule has 0 saturated heterocycles. The molecule has 9 aromatic carbocycles. The minimum atomic E-state index is 0.907. The standard InChI is InChI=1S/C54H32N2OS/c1-2-14-34(15-3-1)56-46-23-8-4-16-36(46)40-21-12-22-41(53(40)56)39-20-13-25-48-52(39)42-19-5-9-24-47(42)55(48)35-31-43(54-45(32-35)38-18-7-11-27-51(38)58-54)33-28-29-50-44(30-33)37-17-6-10-26-49(37)57-50/h1-32H. The van der Waals surface area contributed by atoms with Gasteiger partial charge in [0.15, 0.2) is 0 Å². The predicted molar refractivity (Wildman–Crippen MR) is 246 cm³/mol. The van der Waals surface area contributed by atoms with Gasteiger partial charge in [-0.25, -0.2) is 0 Å². The van der Waals surface area contributed by atoms with Gasteiger partial charge in [-0.05, 0) is 77.9 Å². The van der Waals surface area contributed by atoms with Crippen LogP contribution in [0.15, 0.2) is 199 Å². The molecule has 0 amide bonds. The lowest BCUT2D eigenvalue weighted by molar-refractivity contribution is 0.669. The topological polar surface area (TPSA) is 23.0 Å². The molecule has 13 rings (SSSR count). The first-order chi connectivity index (χ1) is 28.8. The summed E-state index contributed by atoms with van der Waals surface area (Å²) in [4.78, 5) is 0. The zero-order valence-electron chi connectivity index (χ0n) is 31.2. The fraction of sp³-hybridized carbons (Fsp3) is 0. The molecule has 0 fully saturated rings. The van der Waals surface area contributed by atoms with Crippen LogP contribution in [-0.4, -0.2) is 9.13 Å². The number of rotatable bonds is 4. The molecule has 58 heavy (non-hydrogen) atoms. The Morgan fingerprint density at radius 2 is 1.02 bits per heavy atom. The molecule has 4 aromatic heterocycles. The number of fused-ring (bicyclic) bond motifs is 12. The van der Waals surface area contributed by atoms with Gasteiger partial charge in [-0.15, -0.1) is 11.3 Å². The highest BCUT2D eigenvalue weighted by Gasteiger charge is 2.22. The highest BCUT2D eigenvalue weighted by molar-refractivity contribution is 7.26. The number of nitrogens with zero attached hydrogens (tertiary/aromatic N) is 2. The van der Waals surface area contributed by atoms with Crippen LogP contribution >= 0.6 is 11.3 Å². The van der Waals surface area contributed by atoms with Crippen LogP contribution in [0.4, 0.5) is 0 Å².